The van der Waals surface area contributed by atoms with Gasteiger partial charge in [-0.3, -0.25) is 14.5 Å². The van der Waals surface area contributed by atoms with Crippen LogP contribution in [-0.4, -0.2) is 30.3 Å². The minimum absolute atomic E-state index is 0.00376. The van der Waals surface area contributed by atoms with Crippen LogP contribution in [0.4, 0.5) is 5.69 Å². The van der Waals surface area contributed by atoms with Gasteiger partial charge < -0.3 is 5.32 Å². The Bertz CT molecular complexity index is 544. The van der Waals surface area contributed by atoms with E-state index in [2.05, 4.69) is 5.32 Å². The van der Waals surface area contributed by atoms with Gasteiger partial charge in [-0.25, -0.2) is 0 Å². The molecule has 0 aromatic heterocycles. The Morgan fingerprint density at radius 1 is 1.25 bits per heavy atom. The van der Waals surface area contributed by atoms with Crippen LogP contribution in [0.1, 0.15) is 31.7 Å². The molecule has 0 spiro atoms. The van der Waals surface area contributed by atoms with Gasteiger partial charge >= 0.3 is 0 Å². The minimum Gasteiger partial charge on any atom is -0.388 e. The molecule has 0 atom stereocenters. The van der Waals surface area contributed by atoms with Gasteiger partial charge in [-0.15, -0.1) is 0 Å². The first-order chi connectivity index (χ1) is 9.62. The van der Waals surface area contributed by atoms with Crippen LogP contribution in [0.25, 0.3) is 0 Å². The molecule has 2 amide bonds. The number of hydrogen-bond donors (Lipinski definition) is 1. The SMILES string of the molecule is CCCN1C(=O)C2CC(c3ccc(NC)cc3)(C2)C1=O. The Balaban J connectivity index is 1.92. The lowest BCUT2D eigenvalue weighted by Gasteiger charge is -2.53. The Hall–Kier alpha value is -1.84. The van der Waals surface area contributed by atoms with Crippen LogP contribution in [0.15, 0.2) is 24.3 Å². The number of benzene rings is 1. The molecule has 4 nitrogen and oxygen atoms in total. The van der Waals surface area contributed by atoms with Gasteiger partial charge in [0.25, 0.3) is 0 Å². The number of amides is 2. The molecule has 1 saturated carbocycles. The van der Waals surface area contributed by atoms with Gasteiger partial charge in [0, 0.05) is 25.2 Å². The Labute approximate surface area is 119 Å². The molecule has 20 heavy (non-hydrogen) atoms. The number of carbonyl (C=O) groups is 2. The van der Waals surface area contributed by atoms with Gasteiger partial charge in [-0.05, 0) is 37.0 Å². The van der Waals surface area contributed by atoms with Crippen molar-refractivity contribution in [2.24, 2.45) is 5.92 Å². The highest BCUT2D eigenvalue weighted by molar-refractivity contribution is 6.07. The second-order valence-corrected chi connectivity index (χ2v) is 5.81. The summed E-state index contributed by atoms with van der Waals surface area (Å²) in [6, 6.07) is 8.01. The minimum atomic E-state index is -0.444. The maximum atomic E-state index is 12.7. The molecule has 2 saturated heterocycles. The molecule has 4 rings (SSSR count). The number of rotatable bonds is 4. The zero-order valence-corrected chi connectivity index (χ0v) is 12.0. The van der Waals surface area contributed by atoms with E-state index in [0.29, 0.717) is 19.4 Å². The zero-order valence-electron chi connectivity index (χ0n) is 12.0. The number of fused-ring (bicyclic) bond motifs is 2. The maximum absolute atomic E-state index is 12.7. The van der Waals surface area contributed by atoms with Crippen LogP contribution in [0, 0.1) is 5.92 Å². The van der Waals surface area contributed by atoms with Gasteiger partial charge in [0.2, 0.25) is 11.8 Å². The van der Waals surface area contributed by atoms with Crippen molar-refractivity contribution >= 4 is 17.5 Å². The lowest BCUT2D eigenvalue weighted by Crippen LogP contribution is -2.65. The average molecular weight is 272 g/mol. The topological polar surface area (TPSA) is 49.4 Å². The number of piperidine rings is 2. The van der Waals surface area contributed by atoms with Crippen LogP contribution < -0.4 is 5.32 Å². The number of hydrogen-bond acceptors (Lipinski definition) is 3. The van der Waals surface area contributed by atoms with Crippen molar-refractivity contribution in [3.63, 3.8) is 0 Å². The van der Waals surface area contributed by atoms with E-state index >= 15 is 0 Å². The molecule has 4 heteroatoms. The normalized spacial score (nSPS) is 28.3. The quantitative estimate of drug-likeness (QED) is 0.854. The standard InChI is InChI=1S/C16H20N2O2/c1-3-8-18-14(19)11-9-16(10-11,15(18)20)12-4-6-13(17-2)7-5-12/h4-7,11,17H,3,8-10H2,1-2H3. The van der Waals surface area contributed by atoms with Gasteiger partial charge in [0.1, 0.15) is 0 Å². The van der Waals surface area contributed by atoms with E-state index in [-0.39, 0.29) is 17.7 Å². The fraction of sp³-hybridized carbons (Fsp3) is 0.500. The van der Waals surface area contributed by atoms with Gasteiger partial charge in [0.15, 0.2) is 0 Å². The first-order valence-corrected chi connectivity index (χ1v) is 7.26. The van der Waals surface area contributed by atoms with Crippen LogP contribution >= 0.6 is 0 Å². The van der Waals surface area contributed by atoms with E-state index < -0.39 is 5.41 Å². The second-order valence-electron chi connectivity index (χ2n) is 5.81. The number of carbonyl (C=O) groups excluding carboxylic acids is 2. The molecule has 3 fully saturated rings. The van der Waals surface area contributed by atoms with Crippen LogP contribution in [0.5, 0.6) is 0 Å². The third kappa shape index (κ3) is 1.67. The van der Waals surface area contributed by atoms with Crippen molar-refractivity contribution in [1.82, 2.24) is 4.90 Å². The Kier molecular flexibility index (Phi) is 3.04. The van der Waals surface area contributed by atoms with Crippen molar-refractivity contribution in [3.8, 4) is 0 Å². The molecule has 1 aliphatic carbocycles. The summed E-state index contributed by atoms with van der Waals surface area (Å²) in [5.74, 6) is 0.0813. The van der Waals surface area contributed by atoms with Crippen LogP contribution in [-0.2, 0) is 15.0 Å². The summed E-state index contributed by atoms with van der Waals surface area (Å²) in [5, 5.41) is 3.08. The molecule has 2 heterocycles. The van der Waals surface area contributed by atoms with Gasteiger partial charge in [-0.1, -0.05) is 19.1 Å². The zero-order chi connectivity index (χ0) is 14.3. The van der Waals surface area contributed by atoms with Crippen LogP contribution in [0.2, 0.25) is 0 Å². The summed E-state index contributed by atoms with van der Waals surface area (Å²) in [5.41, 5.74) is 1.64. The lowest BCUT2D eigenvalue weighted by molar-refractivity contribution is -0.168. The van der Waals surface area contributed by atoms with Gasteiger partial charge in [-0.2, -0.15) is 0 Å². The molecular formula is C16H20N2O2. The first-order valence-electron chi connectivity index (χ1n) is 7.26. The molecule has 2 aliphatic heterocycles. The van der Waals surface area contributed by atoms with E-state index in [1.165, 1.54) is 4.90 Å². The predicted octanol–water partition coefficient (Wildman–Crippen LogP) is 2.15. The van der Waals surface area contributed by atoms with Gasteiger partial charge in [0.05, 0.1) is 5.41 Å². The highest BCUT2D eigenvalue weighted by Crippen LogP contribution is 2.53. The summed E-state index contributed by atoms with van der Waals surface area (Å²) in [6.45, 7) is 2.54. The summed E-state index contributed by atoms with van der Waals surface area (Å²) >= 11 is 0. The summed E-state index contributed by atoms with van der Waals surface area (Å²) < 4.78 is 0. The monoisotopic (exact) mass is 272 g/mol. The lowest BCUT2D eigenvalue weighted by atomic mass is 9.55. The fourth-order valence-corrected chi connectivity index (χ4v) is 3.46. The predicted molar refractivity (Wildman–Crippen MR) is 77.4 cm³/mol. The Morgan fingerprint density at radius 2 is 1.90 bits per heavy atom. The largest absolute Gasteiger partial charge is 0.388 e. The molecule has 2 bridgehead atoms. The summed E-state index contributed by atoms with van der Waals surface area (Å²) in [4.78, 5) is 26.3. The summed E-state index contributed by atoms with van der Waals surface area (Å²) in [7, 11) is 1.88. The van der Waals surface area contributed by atoms with E-state index in [1.807, 2.05) is 38.2 Å². The van der Waals surface area contributed by atoms with E-state index in [4.69, 9.17) is 0 Å². The van der Waals surface area contributed by atoms with Crippen molar-refractivity contribution in [3.05, 3.63) is 29.8 Å². The van der Waals surface area contributed by atoms with E-state index in [0.717, 1.165) is 17.7 Å². The second kappa shape index (κ2) is 4.62. The molecule has 0 unspecified atom stereocenters. The fourth-order valence-electron chi connectivity index (χ4n) is 3.46. The Morgan fingerprint density at radius 3 is 2.45 bits per heavy atom. The molecule has 3 aliphatic rings. The number of nitrogens with one attached hydrogen (secondary N) is 1. The summed E-state index contributed by atoms with van der Waals surface area (Å²) in [6.07, 6.45) is 2.19. The number of anilines is 1. The number of nitrogens with zero attached hydrogens (tertiary/aromatic N) is 1. The molecular weight excluding hydrogens is 252 g/mol. The van der Waals surface area contributed by atoms with Crippen molar-refractivity contribution in [2.45, 2.75) is 31.6 Å². The highest BCUT2D eigenvalue weighted by Gasteiger charge is 2.61. The number of imide groups is 1. The van der Waals surface area contributed by atoms with Crippen molar-refractivity contribution in [2.75, 3.05) is 18.9 Å². The smallest absolute Gasteiger partial charge is 0.239 e. The maximum Gasteiger partial charge on any atom is 0.239 e. The molecule has 0 radical (unpaired) electrons. The van der Waals surface area contributed by atoms with Crippen molar-refractivity contribution in [1.29, 1.82) is 0 Å². The third-order valence-electron chi connectivity index (χ3n) is 4.63. The molecule has 1 N–H and O–H groups in total. The van der Waals surface area contributed by atoms with Crippen molar-refractivity contribution < 1.29 is 9.59 Å². The highest BCUT2D eigenvalue weighted by atomic mass is 16.2. The average Bonchev–Trinajstić information content (AvgIpc) is 2.42. The molecule has 1 aromatic carbocycles. The molecule has 106 valence electrons. The van der Waals surface area contributed by atoms with E-state index in [1.54, 1.807) is 0 Å². The van der Waals surface area contributed by atoms with Crippen LogP contribution in [0.3, 0.4) is 0 Å². The molecule has 1 aromatic rings. The van der Waals surface area contributed by atoms with E-state index in [9.17, 15) is 9.59 Å². The first kappa shape index (κ1) is 13.2. The third-order valence-corrected chi connectivity index (χ3v) is 4.63.